The van der Waals surface area contributed by atoms with Gasteiger partial charge in [-0.15, -0.1) is 0 Å². The van der Waals surface area contributed by atoms with Crippen molar-refractivity contribution in [3.63, 3.8) is 0 Å². The van der Waals surface area contributed by atoms with Crippen LogP contribution in [-0.4, -0.2) is 12.1 Å². The molecule has 0 saturated carbocycles. The van der Waals surface area contributed by atoms with Crippen LogP contribution in [0, 0.1) is 29.1 Å². The first kappa shape index (κ1) is 27.1. The highest BCUT2D eigenvalue weighted by Gasteiger charge is 2.30. The maximum atomic E-state index is 13.9. The van der Waals surface area contributed by atoms with Crippen molar-refractivity contribution in [2.45, 2.75) is 13.0 Å². The Labute approximate surface area is 227 Å². The number of halogens is 6. The number of carbonyl (C=O) groups is 1. The smallest absolute Gasteiger partial charge is 0.352 e. The Bertz CT molecular complexity index is 1940. The molecule has 0 aliphatic heterocycles. The lowest BCUT2D eigenvalue weighted by atomic mass is 10.0. The van der Waals surface area contributed by atoms with E-state index in [-0.39, 0.29) is 27.8 Å². The minimum atomic E-state index is -2.39. The van der Waals surface area contributed by atoms with Crippen molar-refractivity contribution in [1.82, 2.24) is 0 Å². The molecule has 2 aromatic heterocycles. The zero-order valence-corrected chi connectivity index (χ0v) is 21.4. The topological polar surface area (TPSA) is 96.0 Å². The van der Waals surface area contributed by atoms with Crippen LogP contribution < -0.4 is 20.7 Å². The molecule has 0 amide bonds. The van der Waals surface area contributed by atoms with E-state index < -0.39 is 58.2 Å². The summed E-state index contributed by atoms with van der Waals surface area (Å²) >= 11 is 3.33. The molecule has 0 aliphatic rings. The van der Waals surface area contributed by atoms with E-state index in [1.54, 1.807) is 18.2 Å². The Morgan fingerprint density at radius 2 is 1.48 bits per heavy atom. The second-order valence-corrected chi connectivity index (χ2v) is 9.26. The van der Waals surface area contributed by atoms with Crippen LogP contribution in [-0.2, 0) is 4.79 Å². The summed E-state index contributed by atoms with van der Waals surface area (Å²) in [4.78, 5) is 37.5. The summed E-state index contributed by atoms with van der Waals surface area (Å²) in [6.45, 7) is 0.955. The molecule has 0 fully saturated rings. The Balaban J connectivity index is 1.46. The lowest BCUT2D eigenvalue weighted by Crippen LogP contribution is -2.29. The molecule has 1 unspecified atom stereocenters. The van der Waals surface area contributed by atoms with Gasteiger partial charge in [0.25, 0.3) is 0 Å². The average molecular weight is 623 g/mol. The standard InChI is InChI=1S/C27H12BrF5O7/c1-10(37-25-23(32)21(30)20(29)22(31)24(25)33)26(35)38-13-3-4-14-15(9-19(34)39-18(14)8-13)16-7-11-6-12(28)2-5-17(11)40-27(16)36/h2-10H,1H3. The van der Waals surface area contributed by atoms with E-state index in [4.69, 9.17) is 13.6 Å². The number of benzene rings is 3. The molecule has 13 heteroatoms. The predicted octanol–water partition coefficient (Wildman–Crippen LogP) is 6.40. The zero-order chi connectivity index (χ0) is 28.9. The van der Waals surface area contributed by atoms with Crippen LogP contribution in [0.1, 0.15) is 6.92 Å². The summed E-state index contributed by atoms with van der Waals surface area (Å²) in [5.74, 6) is -14.6. The molecular formula is C27H12BrF5O7. The fraction of sp³-hybridized carbons (Fsp3) is 0.0741. The van der Waals surface area contributed by atoms with Crippen LogP contribution in [0.2, 0.25) is 0 Å². The first-order valence-corrected chi connectivity index (χ1v) is 12.0. The molecule has 0 N–H and O–H groups in total. The Morgan fingerprint density at radius 3 is 2.17 bits per heavy atom. The van der Waals surface area contributed by atoms with Crippen molar-refractivity contribution in [2.75, 3.05) is 0 Å². The minimum Gasteiger partial charge on any atom is -0.473 e. The number of esters is 1. The number of fused-ring (bicyclic) bond motifs is 2. The van der Waals surface area contributed by atoms with Gasteiger partial charge in [-0.3, -0.25) is 0 Å². The fourth-order valence-electron chi connectivity index (χ4n) is 3.82. The predicted molar refractivity (Wildman–Crippen MR) is 134 cm³/mol. The summed E-state index contributed by atoms with van der Waals surface area (Å²) in [5.41, 5.74) is -1.13. The molecule has 204 valence electrons. The third-order valence-electron chi connectivity index (χ3n) is 5.71. The monoisotopic (exact) mass is 622 g/mol. The normalized spacial score (nSPS) is 12.1. The highest BCUT2D eigenvalue weighted by atomic mass is 79.9. The van der Waals surface area contributed by atoms with Gasteiger partial charge in [0.2, 0.25) is 29.1 Å². The summed E-state index contributed by atoms with van der Waals surface area (Å²) in [7, 11) is 0. The highest BCUT2D eigenvalue weighted by Crippen LogP contribution is 2.32. The van der Waals surface area contributed by atoms with E-state index in [0.717, 1.165) is 23.5 Å². The molecule has 0 bridgehead atoms. The van der Waals surface area contributed by atoms with Crippen molar-refractivity contribution >= 4 is 43.8 Å². The van der Waals surface area contributed by atoms with Gasteiger partial charge in [-0.25, -0.2) is 27.6 Å². The van der Waals surface area contributed by atoms with Gasteiger partial charge in [0, 0.05) is 32.9 Å². The van der Waals surface area contributed by atoms with E-state index in [1.807, 2.05) is 0 Å². The van der Waals surface area contributed by atoms with Crippen LogP contribution in [0.15, 0.2) is 71.4 Å². The Kier molecular flexibility index (Phi) is 6.92. The van der Waals surface area contributed by atoms with Crippen molar-refractivity contribution in [2.24, 2.45) is 0 Å². The molecule has 0 spiro atoms. The maximum absolute atomic E-state index is 13.9. The van der Waals surface area contributed by atoms with Crippen molar-refractivity contribution < 1.29 is 45.1 Å². The van der Waals surface area contributed by atoms with Gasteiger partial charge in [-0.1, -0.05) is 15.9 Å². The van der Waals surface area contributed by atoms with Gasteiger partial charge in [-0.2, -0.15) is 8.78 Å². The van der Waals surface area contributed by atoms with E-state index in [0.29, 0.717) is 11.0 Å². The third-order valence-corrected chi connectivity index (χ3v) is 6.21. The lowest BCUT2D eigenvalue weighted by molar-refractivity contribution is -0.141. The van der Waals surface area contributed by atoms with Gasteiger partial charge >= 0.3 is 17.2 Å². The average Bonchev–Trinajstić information content (AvgIpc) is 2.92. The highest BCUT2D eigenvalue weighted by molar-refractivity contribution is 9.10. The summed E-state index contributed by atoms with van der Waals surface area (Å²) in [5, 5.41) is 0.838. The first-order chi connectivity index (χ1) is 18.9. The Morgan fingerprint density at radius 1 is 0.800 bits per heavy atom. The number of hydrogen-bond acceptors (Lipinski definition) is 7. The van der Waals surface area contributed by atoms with Gasteiger partial charge in [0.1, 0.15) is 16.9 Å². The fourth-order valence-corrected chi connectivity index (χ4v) is 4.20. The zero-order valence-electron chi connectivity index (χ0n) is 19.8. The molecule has 7 nitrogen and oxygen atoms in total. The second kappa shape index (κ2) is 10.2. The van der Waals surface area contributed by atoms with Crippen LogP contribution >= 0.6 is 15.9 Å². The third kappa shape index (κ3) is 4.83. The molecule has 0 aliphatic carbocycles. The summed E-state index contributed by atoms with van der Waals surface area (Å²) in [6.07, 6.45) is -1.83. The quantitative estimate of drug-likeness (QED) is 0.0559. The molecule has 3 aromatic carbocycles. The summed E-state index contributed by atoms with van der Waals surface area (Å²) < 4.78 is 89.0. The first-order valence-electron chi connectivity index (χ1n) is 11.2. The molecule has 2 heterocycles. The molecule has 1 atom stereocenters. The van der Waals surface area contributed by atoms with E-state index >= 15 is 0 Å². The number of carbonyl (C=O) groups excluding carboxylic acids is 1. The van der Waals surface area contributed by atoms with Gasteiger partial charge in [0.05, 0.1) is 5.56 Å². The number of hydrogen-bond donors (Lipinski definition) is 0. The van der Waals surface area contributed by atoms with E-state index in [1.165, 1.54) is 18.2 Å². The largest absolute Gasteiger partial charge is 0.473 e. The van der Waals surface area contributed by atoms with Gasteiger partial charge < -0.3 is 18.3 Å². The number of ether oxygens (including phenoxy) is 2. The summed E-state index contributed by atoms with van der Waals surface area (Å²) in [6, 6.07) is 11.4. The molecule has 5 aromatic rings. The van der Waals surface area contributed by atoms with Gasteiger partial charge in [0.15, 0.2) is 11.9 Å². The van der Waals surface area contributed by atoms with Crippen LogP contribution in [0.25, 0.3) is 33.1 Å². The van der Waals surface area contributed by atoms with Crippen molar-refractivity contribution in [3.05, 3.63) is 103 Å². The van der Waals surface area contributed by atoms with E-state index in [2.05, 4.69) is 20.7 Å². The van der Waals surface area contributed by atoms with E-state index in [9.17, 15) is 36.3 Å². The second-order valence-electron chi connectivity index (χ2n) is 8.35. The molecular weight excluding hydrogens is 611 g/mol. The SMILES string of the molecule is CC(Oc1c(F)c(F)c(F)c(F)c1F)C(=O)Oc1ccc2c(-c3cc4cc(Br)ccc4oc3=O)cc(=O)oc2c1. The lowest BCUT2D eigenvalue weighted by Gasteiger charge is -2.16. The maximum Gasteiger partial charge on any atom is 0.352 e. The molecule has 0 radical (unpaired) electrons. The van der Waals surface area contributed by atoms with Crippen LogP contribution in [0.5, 0.6) is 11.5 Å². The molecule has 0 saturated heterocycles. The van der Waals surface area contributed by atoms with Crippen molar-refractivity contribution in [3.8, 4) is 22.6 Å². The minimum absolute atomic E-state index is 0.0538. The van der Waals surface area contributed by atoms with Crippen molar-refractivity contribution in [1.29, 1.82) is 0 Å². The van der Waals surface area contributed by atoms with Crippen LogP contribution in [0.3, 0.4) is 0 Å². The molecule has 40 heavy (non-hydrogen) atoms. The van der Waals surface area contributed by atoms with Gasteiger partial charge in [-0.05, 0) is 43.3 Å². The Hall–Kier alpha value is -4.52. The number of rotatable bonds is 5. The molecule has 5 rings (SSSR count). The van der Waals surface area contributed by atoms with Crippen LogP contribution in [0.4, 0.5) is 22.0 Å².